The lowest BCUT2D eigenvalue weighted by molar-refractivity contribution is -0.137. The minimum absolute atomic E-state index is 0.00403. The third kappa shape index (κ3) is 5.07. The minimum atomic E-state index is -4.54. The first-order valence-corrected chi connectivity index (χ1v) is 10.6. The lowest BCUT2D eigenvalue weighted by Gasteiger charge is -2.28. The number of hydrogen-bond acceptors (Lipinski definition) is 4. The number of amides is 1. The van der Waals surface area contributed by atoms with E-state index in [-0.39, 0.29) is 10.7 Å². The van der Waals surface area contributed by atoms with Gasteiger partial charge in [-0.25, -0.2) is 4.98 Å². The molecule has 1 N–H and O–H groups in total. The monoisotopic (exact) mass is 463 g/mol. The summed E-state index contributed by atoms with van der Waals surface area (Å²) in [6.07, 6.45) is -1.09. The Hall–Kier alpha value is -3.00. The third-order valence-corrected chi connectivity index (χ3v) is 5.60. The molecule has 1 saturated heterocycles. The van der Waals surface area contributed by atoms with E-state index in [0.717, 1.165) is 55.3 Å². The number of alkyl halides is 3. The first kappa shape index (κ1) is 22.2. The highest BCUT2D eigenvalue weighted by molar-refractivity contribution is 6.33. The largest absolute Gasteiger partial charge is 0.481 e. The van der Waals surface area contributed by atoms with Gasteiger partial charge in [-0.3, -0.25) is 4.79 Å². The molecule has 1 aliphatic rings. The standard InChI is InChI=1S/C23H21ClF3N3O2/c24-17-9-8-16(23(25,26)27)13-18(17)28-21(31)14-32-19-6-4-5-15-7-10-20(29-22(15)19)30-11-2-1-3-12-30/h4-10,13H,1-3,11-12,14H2,(H,28,31). The average Bonchev–Trinajstić information content (AvgIpc) is 2.78. The van der Waals surface area contributed by atoms with E-state index in [0.29, 0.717) is 11.3 Å². The molecule has 5 nitrogen and oxygen atoms in total. The predicted molar refractivity (Wildman–Crippen MR) is 118 cm³/mol. The van der Waals surface area contributed by atoms with Crippen LogP contribution in [0.2, 0.25) is 5.02 Å². The number of anilines is 2. The maximum atomic E-state index is 12.9. The van der Waals surface area contributed by atoms with Gasteiger partial charge < -0.3 is 15.0 Å². The highest BCUT2D eigenvalue weighted by Crippen LogP contribution is 2.34. The Kier molecular flexibility index (Phi) is 6.41. The van der Waals surface area contributed by atoms with Crippen molar-refractivity contribution < 1.29 is 22.7 Å². The van der Waals surface area contributed by atoms with Crippen molar-refractivity contribution in [2.24, 2.45) is 0 Å². The molecule has 0 saturated carbocycles. The number of hydrogen-bond donors (Lipinski definition) is 1. The molecular weight excluding hydrogens is 443 g/mol. The summed E-state index contributed by atoms with van der Waals surface area (Å²) in [6.45, 7) is 1.49. The van der Waals surface area contributed by atoms with Crippen LogP contribution >= 0.6 is 11.6 Å². The van der Waals surface area contributed by atoms with E-state index in [2.05, 4.69) is 10.2 Å². The molecule has 3 aromatic rings. The molecule has 1 fully saturated rings. The third-order valence-electron chi connectivity index (χ3n) is 5.28. The molecule has 0 atom stereocenters. The normalized spacial score (nSPS) is 14.4. The van der Waals surface area contributed by atoms with E-state index >= 15 is 0 Å². The van der Waals surface area contributed by atoms with E-state index in [4.69, 9.17) is 21.3 Å². The number of halogens is 4. The second-order valence-corrected chi connectivity index (χ2v) is 7.98. The Morgan fingerprint density at radius 2 is 1.88 bits per heavy atom. The SMILES string of the molecule is O=C(COc1cccc2ccc(N3CCCCC3)nc12)Nc1cc(C(F)(F)F)ccc1Cl. The summed E-state index contributed by atoms with van der Waals surface area (Å²) in [5.41, 5.74) is -0.402. The summed E-state index contributed by atoms with van der Waals surface area (Å²) in [4.78, 5) is 19.3. The maximum absolute atomic E-state index is 12.9. The van der Waals surface area contributed by atoms with Crippen molar-refractivity contribution in [3.63, 3.8) is 0 Å². The number of ether oxygens (including phenoxy) is 1. The second kappa shape index (κ2) is 9.24. The maximum Gasteiger partial charge on any atom is 0.416 e. The molecule has 1 aliphatic heterocycles. The zero-order chi connectivity index (χ0) is 22.7. The predicted octanol–water partition coefficient (Wildman–Crippen LogP) is 5.91. The van der Waals surface area contributed by atoms with Crippen molar-refractivity contribution in [3.8, 4) is 5.75 Å². The van der Waals surface area contributed by atoms with Gasteiger partial charge in [0.1, 0.15) is 17.1 Å². The first-order chi connectivity index (χ1) is 15.3. The van der Waals surface area contributed by atoms with Crippen LogP contribution in [0, 0.1) is 0 Å². The first-order valence-electron chi connectivity index (χ1n) is 10.3. The zero-order valence-electron chi connectivity index (χ0n) is 17.1. The number of fused-ring (bicyclic) bond motifs is 1. The quantitative estimate of drug-likeness (QED) is 0.510. The number of rotatable bonds is 5. The molecule has 168 valence electrons. The van der Waals surface area contributed by atoms with Crippen LogP contribution in [0.5, 0.6) is 5.75 Å². The highest BCUT2D eigenvalue weighted by Gasteiger charge is 2.31. The lowest BCUT2D eigenvalue weighted by Crippen LogP contribution is -2.30. The van der Waals surface area contributed by atoms with Gasteiger partial charge in [0, 0.05) is 18.5 Å². The van der Waals surface area contributed by atoms with Gasteiger partial charge in [-0.15, -0.1) is 0 Å². The number of piperidine rings is 1. The molecule has 0 bridgehead atoms. The molecule has 1 aromatic heterocycles. The van der Waals surface area contributed by atoms with Gasteiger partial charge in [-0.05, 0) is 55.7 Å². The Morgan fingerprint density at radius 1 is 1.09 bits per heavy atom. The van der Waals surface area contributed by atoms with Gasteiger partial charge in [-0.1, -0.05) is 23.7 Å². The zero-order valence-corrected chi connectivity index (χ0v) is 17.8. The molecule has 0 aliphatic carbocycles. The number of benzene rings is 2. The van der Waals surface area contributed by atoms with Gasteiger partial charge in [0.15, 0.2) is 6.61 Å². The fraction of sp³-hybridized carbons (Fsp3) is 0.304. The summed E-state index contributed by atoms with van der Waals surface area (Å²) < 4.78 is 44.5. The fourth-order valence-corrected chi connectivity index (χ4v) is 3.82. The van der Waals surface area contributed by atoms with Crippen molar-refractivity contribution in [2.75, 3.05) is 29.9 Å². The smallest absolute Gasteiger partial charge is 0.416 e. The number of para-hydroxylation sites is 1. The van der Waals surface area contributed by atoms with Crippen LogP contribution in [0.15, 0.2) is 48.5 Å². The second-order valence-electron chi connectivity index (χ2n) is 7.57. The Bertz CT molecular complexity index is 1130. The number of aromatic nitrogens is 1. The van der Waals surface area contributed by atoms with Crippen LogP contribution < -0.4 is 15.0 Å². The van der Waals surface area contributed by atoms with Gasteiger partial charge in [0.05, 0.1) is 16.3 Å². The highest BCUT2D eigenvalue weighted by atomic mass is 35.5. The molecular formula is C23H21ClF3N3O2. The number of carbonyl (C=O) groups excluding carboxylic acids is 1. The number of nitrogens with one attached hydrogen (secondary N) is 1. The van der Waals surface area contributed by atoms with Gasteiger partial charge in [0.2, 0.25) is 0 Å². The van der Waals surface area contributed by atoms with Crippen molar-refractivity contribution in [2.45, 2.75) is 25.4 Å². The summed E-state index contributed by atoms with van der Waals surface area (Å²) in [7, 11) is 0. The lowest BCUT2D eigenvalue weighted by atomic mass is 10.1. The van der Waals surface area contributed by atoms with E-state index in [1.165, 1.54) is 6.42 Å². The molecule has 4 rings (SSSR count). The summed E-state index contributed by atoms with van der Waals surface area (Å²) in [5.74, 6) is 0.649. The van der Waals surface area contributed by atoms with Crippen molar-refractivity contribution >= 4 is 39.9 Å². The molecule has 0 radical (unpaired) electrons. The van der Waals surface area contributed by atoms with E-state index in [9.17, 15) is 18.0 Å². The van der Waals surface area contributed by atoms with E-state index < -0.39 is 24.3 Å². The van der Waals surface area contributed by atoms with Crippen molar-refractivity contribution in [3.05, 3.63) is 59.1 Å². The molecule has 0 unspecified atom stereocenters. The number of carbonyl (C=O) groups is 1. The number of pyridine rings is 1. The van der Waals surface area contributed by atoms with Crippen molar-refractivity contribution in [1.29, 1.82) is 0 Å². The van der Waals surface area contributed by atoms with Crippen LogP contribution in [0.4, 0.5) is 24.7 Å². The summed E-state index contributed by atoms with van der Waals surface area (Å²) >= 11 is 5.94. The Morgan fingerprint density at radius 3 is 2.62 bits per heavy atom. The molecule has 2 heterocycles. The molecule has 9 heteroatoms. The average molecular weight is 464 g/mol. The molecule has 1 amide bonds. The fourth-order valence-electron chi connectivity index (χ4n) is 3.65. The Labute approximate surface area is 188 Å². The van der Waals surface area contributed by atoms with Crippen LogP contribution in [0.25, 0.3) is 10.9 Å². The summed E-state index contributed by atoms with van der Waals surface area (Å²) in [6, 6.07) is 12.1. The minimum Gasteiger partial charge on any atom is -0.481 e. The van der Waals surface area contributed by atoms with E-state index in [1.54, 1.807) is 12.1 Å². The number of nitrogens with zero attached hydrogens (tertiary/aromatic N) is 2. The van der Waals surface area contributed by atoms with E-state index in [1.807, 2.05) is 18.2 Å². The van der Waals surface area contributed by atoms with Gasteiger partial charge in [0.25, 0.3) is 5.91 Å². The van der Waals surface area contributed by atoms with Crippen LogP contribution in [-0.4, -0.2) is 30.6 Å². The topological polar surface area (TPSA) is 54.5 Å². The molecule has 0 spiro atoms. The van der Waals surface area contributed by atoms with Gasteiger partial charge in [-0.2, -0.15) is 13.2 Å². The van der Waals surface area contributed by atoms with Crippen LogP contribution in [-0.2, 0) is 11.0 Å². The Balaban J connectivity index is 1.48. The molecule has 2 aromatic carbocycles. The summed E-state index contributed by atoms with van der Waals surface area (Å²) in [5, 5.41) is 3.25. The van der Waals surface area contributed by atoms with Crippen molar-refractivity contribution in [1.82, 2.24) is 4.98 Å². The van der Waals surface area contributed by atoms with Crippen LogP contribution in [0.3, 0.4) is 0 Å². The van der Waals surface area contributed by atoms with Gasteiger partial charge >= 0.3 is 6.18 Å². The van der Waals surface area contributed by atoms with Crippen LogP contribution in [0.1, 0.15) is 24.8 Å². The molecule has 32 heavy (non-hydrogen) atoms.